The lowest BCUT2D eigenvalue weighted by Gasteiger charge is -2.11. The third-order valence-corrected chi connectivity index (χ3v) is 3.14. The fourth-order valence-electron chi connectivity index (χ4n) is 1.91. The summed E-state index contributed by atoms with van der Waals surface area (Å²) in [6.07, 6.45) is 0. The molecule has 21 heavy (non-hydrogen) atoms. The highest BCUT2D eigenvalue weighted by molar-refractivity contribution is 7.18. The molecular weight excluding hydrogens is 289 g/mol. The van der Waals surface area contributed by atoms with Gasteiger partial charge in [-0.3, -0.25) is 0 Å². The molecule has 1 atom stereocenters. The zero-order chi connectivity index (χ0) is 16.0. The third-order valence-electron chi connectivity index (χ3n) is 2.83. The Labute approximate surface area is 126 Å². The van der Waals surface area contributed by atoms with Crippen molar-refractivity contribution in [3.63, 3.8) is 0 Å². The average Bonchev–Trinajstić information content (AvgIpc) is 2.49. The van der Waals surface area contributed by atoms with Crippen LogP contribution in [0, 0.1) is 17.0 Å². The summed E-state index contributed by atoms with van der Waals surface area (Å²) in [5, 5.41) is 10.6. The minimum absolute atomic E-state index is 0.0692. The Morgan fingerprint density at radius 1 is 1.10 bits per heavy atom. The van der Waals surface area contributed by atoms with E-state index in [-0.39, 0.29) is 5.56 Å². The van der Waals surface area contributed by atoms with Crippen LogP contribution >= 0.6 is 9.39 Å². The van der Waals surface area contributed by atoms with E-state index in [0.29, 0.717) is 16.8 Å². The molecule has 2 N–H and O–H groups in total. The molecule has 0 aliphatic carbocycles. The summed E-state index contributed by atoms with van der Waals surface area (Å²) in [6, 6.07) is 8.70. The molecule has 0 saturated carbocycles. The molecular formula is C16H19F2N2P. The lowest BCUT2D eigenvalue weighted by molar-refractivity contribution is 0.589. The van der Waals surface area contributed by atoms with Crippen LogP contribution in [0.5, 0.6) is 0 Å². The van der Waals surface area contributed by atoms with Crippen molar-refractivity contribution in [1.82, 2.24) is 0 Å². The number of rotatable bonds is 3. The highest BCUT2D eigenvalue weighted by Gasteiger charge is 2.13. The molecule has 2 nitrogen and oxygen atoms in total. The molecule has 0 bridgehead atoms. The topological polar surface area (TPSA) is 35.9 Å². The van der Waals surface area contributed by atoms with E-state index >= 15 is 0 Å². The molecule has 2 rings (SSSR count). The Bertz CT molecular complexity index is 622. The van der Waals surface area contributed by atoms with Crippen LogP contribution in [0.3, 0.4) is 0 Å². The van der Waals surface area contributed by atoms with Crippen LogP contribution in [0.4, 0.5) is 14.5 Å². The first-order valence-corrected chi connectivity index (χ1v) is 7.23. The summed E-state index contributed by atoms with van der Waals surface area (Å²) in [7, 11) is 2.34. The van der Waals surface area contributed by atoms with E-state index in [2.05, 4.69) is 14.5 Å². The highest BCUT2D eigenvalue weighted by atomic mass is 31.0. The van der Waals surface area contributed by atoms with Gasteiger partial charge >= 0.3 is 0 Å². The van der Waals surface area contributed by atoms with E-state index in [9.17, 15) is 8.78 Å². The van der Waals surface area contributed by atoms with Crippen molar-refractivity contribution in [1.29, 1.82) is 5.41 Å². The molecule has 0 amide bonds. The number of halogens is 2. The quantitative estimate of drug-likeness (QED) is 0.590. The van der Waals surface area contributed by atoms with Gasteiger partial charge in [0.05, 0.1) is 5.56 Å². The average molecular weight is 308 g/mol. The van der Waals surface area contributed by atoms with Gasteiger partial charge in [0.1, 0.15) is 11.6 Å². The van der Waals surface area contributed by atoms with Gasteiger partial charge in [0.25, 0.3) is 0 Å². The van der Waals surface area contributed by atoms with Gasteiger partial charge in [-0.1, -0.05) is 26.0 Å². The lowest BCUT2D eigenvalue weighted by Crippen LogP contribution is -1.99. The Morgan fingerprint density at radius 2 is 1.67 bits per heavy atom. The summed E-state index contributed by atoms with van der Waals surface area (Å²) >= 11 is 0. The van der Waals surface area contributed by atoms with Crippen molar-refractivity contribution >= 4 is 20.8 Å². The molecule has 1 unspecified atom stereocenters. The van der Waals surface area contributed by atoms with Crippen molar-refractivity contribution in [2.24, 2.45) is 0 Å². The molecule has 0 radical (unpaired) electrons. The molecule has 2 aromatic carbocycles. The van der Waals surface area contributed by atoms with Crippen LogP contribution in [-0.4, -0.2) is 5.71 Å². The van der Waals surface area contributed by atoms with E-state index in [1.807, 2.05) is 13.8 Å². The first-order valence-electron chi connectivity index (χ1n) is 6.65. The molecule has 5 heteroatoms. The molecule has 0 saturated heterocycles. The first-order chi connectivity index (χ1) is 10.0. The summed E-state index contributed by atoms with van der Waals surface area (Å²) in [5.74, 6) is -1.22. The maximum absolute atomic E-state index is 13.7. The molecule has 2 aromatic rings. The van der Waals surface area contributed by atoms with Gasteiger partial charge in [0.15, 0.2) is 0 Å². The van der Waals surface area contributed by atoms with Gasteiger partial charge in [0.2, 0.25) is 0 Å². The second kappa shape index (κ2) is 7.84. The summed E-state index contributed by atoms with van der Waals surface area (Å²) in [5.41, 5.74) is 2.00. The molecule has 0 aliphatic rings. The van der Waals surface area contributed by atoms with Gasteiger partial charge in [-0.15, -0.1) is 0 Å². The van der Waals surface area contributed by atoms with Gasteiger partial charge in [-0.05, 0) is 46.1 Å². The Balaban J connectivity index is 0.00000106. The Kier molecular flexibility index (Phi) is 6.44. The SMILES string of the molecule is CC.CC(=N)c1cc(-c2c(F)cccc2F)ccc1NP. The largest absolute Gasteiger partial charge is 0.369 e. The molecule has 0 fully saturated rings. The van der Waals surface area contributed by atoms with Crippen molar-refractivity contribution in [2.45, 2.75) is 20.8 Å². The van der Waals surface area contributed by atoms with Crippen molar-refractivity contribution in [3.05, 3.63) is 53.6 Å². The van der Waals surface area contributed by atoms with E-state index in [1.165, 1.54) is 18.2 Å². The monoisotopic (exact) mass is 308 g/mol. The molecule has 0 aliphatic heterocycles. The van der Waals surface area contributed by atoms with Crippen molar-refractivity contribution in [3.8, 4) is 11.1 Å². The summed E-state index contributed by atoms with van der Waals surface area (Å²) in [6.45, 7) is 5.63. The van der Waals surface area contributed by atoms with E-state index < -0.39 is 11.6 Å². The summed E-state index contributed by atoms with van der Waals surface area (Å²) < 4.78 is 27.5. The molecule has 0 spiro atoms. The molecule has 0 heterocycles. The smallest absolute Gasteiger partial charge is 0.133 e. The minimum atomic E-state index is -0.611. The Morgan fingerprint density at radius 3 is 2.14 bits per heavy atom. The van der Waals surface area contributed by atoms with Crippen LogP contribution in [0.15, 0.2) is 36.4 Å². The minimum Gasteiger partial charge on any atom is -0.369 e. The van der Waals surface area contributed by atoms with Gasteiger partial charge in [0, 0.05) is 17.0 Å². The zero-order valence-electron chi connectivity index (χ0n) is 12.3. The number of benzene rings is 2. The van der Waals surface area contributed by atoms with Crippen LogP contribution in [0.25, 0.3) is 11.1 Å². The Hall–Kier alpha value is -1.80. The zero-order valence-corrected chi connectivity index (χ0v) is 13.5. The maximum Gasteiger partial charge on any atom is 0.133 e. The lowest BCUT2D eigenvalue weighted by atomic mass is 9.99. The maximum atomic E-state index is 13.7. The highest BCUT2D eigenvalue weighted by Crippen LogP contribution is 2.30. The van der Waals surface area contributed by atoms with Gasteiger partial charge in [-0.25, -0.2) is 8.78 Å². The van der Waals surface area contributed by atoms with Crippen LogP contribution in [0.2, 0.25) is 0 Å². The third kappa shape index (κ3) is 3.85. The van der Waals surface area contributed by atoms with E-state index in [4.69, 9.17) is 5.41 Å². The van der Waals surface area contributed by atoms with Gasteiger partial charge < -0.3 is 10.5 Å². The molecule has 0 aromatic heterocycles. The second-order valence-electron chi connectivity index (χ2n) is 4.13. The standard InChI is InChI=1S/C14H13F2N2P.C2H6/c1-8(17)10-7-9(5-6-13(10)18-19)14-11(15)3-2-4-12(14)16;1-2/h2-7,17-18H,19H2,1H3;1-2H3. The van der Waals surface area contributed by atoms with Crippen molar-refractivity contribution in [2.75, 3.05) is 5.09 Å². The van der Waals surface area contributed by atoms with Crippen LogP contribution in [-0.2, 0) is 0 Å². The fourth-order valence-corrected chi connectivity index (χ4v) is 2.16. The number of nitrogens with one attached hydrogen (secondary N) is 2. The predicted molar refractivity (Wildman–Crippen MR) is 89.0 cm³/mol. The first kappa shape index (κ1) is 17.3. The second-order valence-corrected chi connectivity index (χ2v) is 4.42. The number of anilines is 1. The fraction of sp³-hybridized carbons (Fsp3) is 0.188. The van der Waals surface area contributed by atoms with Crippen LogP contribution < -0.4 is 5.09 Å². The predicted octanol–water partition coefficient (Wildman–Crippen LogP) is 5.25. The van der Waals surface area contributed by atoms with Gasteiger partial charge in [-0.2, -0.15) is 0 Å². The number of hydrogen-bond acceptors (Lipinski definition) is 2. The van der Waals surface area contributed by atoms with Crippen LogP contribution in [0.1, 0.15) is 26.3 Å². The molecule has 112 valence electrons. The van der Waals surface area contributed by atoms with Crippen molar-refractivity contribution < 1.29 is 8.78 Å². The normalized spacial score (nSPS) is 9.62. The van der Waals surface area contributed by atoms with E-state index in [0.717, 1.165) is 5.69 Å². The number of hydrogen-bond donors (Lipinski definition) is 2. The summed E-state index contributed by atoms with van der Waals surface area (Å²) in [4.78, 5) is 0. The van der Waals surface area contributed by atoms with E-state index in [1.54, 1.807) is 25.1 Å².